The topological polar surface area (TPSA) is 64.4 Å². The van der Waals surface area contributed by atoms with Gasteiger partial charge in [0.15, 0.2) is 5.75 Å². The summed E-state index contributed by atoms with van der Waals surface area (Å²) in [6.45, 7) is 3.38. The average molecular weight is 222 g/mol. The first-order valence-corrected chi connectivity index (χ1v) is 5.30. The monoisotopic (exact) mass is 222 g/mol. The van der Waals surface area contributed by atoms with E-state index in [2.05, 4.69) is 5.32 Å². The normalized spacial score (nSPS) is 19.7. The van der Waals surface area contributed by atoms with Crippen LogP contribution in [0.25, 0.3) is 0 Å². The molecule has 0 spiro atoms. The first kappa shape index (κ1) is 10.9. The van der Waals surface area contributed by atoms with E-state index in [9.17, 15) is 10.1 Å². The highest BCUT2D eigenvalue weighted by Gasteiger charge is 2.23. The van der Waals surface area contributed by atoms with Gasteiger partial charge in [0.1, 0.15) is 6.10 Å². The van der Waals surface area contributed by atoms with Crippen molar-refractivity contribution in [3.63, 3.8) is 0 Å². The van der Waals surface area contributed by atoms with Crippen molar-refractivity contribution in [2.45, 2.75) is 19.4 Å². The van der Waals surface area contributed by atoms with Gasteiger partial charge in [-0.05, 0) is 26.0 Å². The molecule has 0 amide bonds. The third-order valence-corrected chi connectivity index (χ3v) is 2.69. The Balaban J connectivity index is 2.25. The van der Waals surface area contributed by atoms with Crippen LogP contribution in [0.5, 0.6) is 5.75 Å². The first-order chi connectivity index (χ1) is 7.68. The Morgan fingerprint density at radius 3 is 3.00 bits per heavy atom. The molecule has 1 aromatic rings. The fourth-order valence-electron chi connectivity index (χ4n) is 1.87. The van der Waals surface area contributed by atoms with Gasteiger partial charge in [0, 0.05) is 12.1 Å². The molecular weight excluding hydrogens is 208 g/mol. The third-order valence-electron chi connectivity index (χ3n) is 2.69. The molecule has 1 aliphatic rings. The van der Waals surface area contributed by atoms with Gasteiger partial charge < -0.3 is 10.1 Å². The predicted octanol–water partition coefficient (Wildman–Crippen LogP) is 1.64. The largest absolute Gasteiger partial charge is 0.482 e. The molecule has 1 saturated heterocycles. The molecule has 0 aromatic heterocycles. The molecule has 5 heteroatoms. The molecule has 1 N–H and O–H groups in total. The summed E-state index contributed by atoms with van der Waals surface area (Å²) in [4.78, 5) is 10.5. The number of hydrogen-bond acceptors (Lipinski definition) is 4. The van der Waals surface area contributed by atoms with E-state index >= 15 is 0 Å². The Bertz CT molecular complexity index is 400. The van der Waals surface area contributed by atoms with Crippen LogP contribution in [0.4, 0.5) is 5.69 Å². The third kappa shape index (κ3) is 2.14. The van der Waals surface area contributed by atoms with E-state index in [1.807, 2.05) is 0 Å². The zero-order valence-electron chi connectivity index (χ0n) is 9.10. The van der Waals surface area contributed by atoms with Crippen molar-refractivity contribution >= 4 is 5.69 Å². The van der Waals surface area contributed by atoms with E-state index in [1.165, 1.54) is 0 Å². The summed E-state index contributed by atoms with van der Waals surface area (Å²) in [5.74, 6) is 0.374. The zero-order valence-corrected chi connectivity index (χ0v) is 9.10. The molecule has 1 aliphatic heterocycles. The molecule has 0 aliphatic carbocycles. The number of ether oxygens (including phenoxy) is 1. The number of nitro benzene ring substituents is 1. The molecule has 16 heavy (non-hydrogen) atoms. The Morgan fingerprint density at radius 2 is 2.38 bits per heavy atom. The molecule has 0 bridgehead atoms. The minimum Gasteiger partial charge on any atom is -0.482 e. The van der Waals surface area contributed by atoms with Gasteiger partial charge >= 0.3 is 5.69 Å². The molecule has 0 radical (unpaired) electrons. The second kappa shape index (κ2) is 4.49. The van der Waals surface area contributed by atoms with Crippen LogP contribution in [0.1, 0.15) is 12.0 Å². The number of benzene rings is 1. The average Bonchev–Trinajstić information content (AvgIpc) is 2.70. The van der Waals surface area contributed by atoms with Crippen molar-refractivity contribution in [1.82, 2.24) is 5.32 Å². The standard InChI is InChI=1S/C11H14N2O3/c1-8-3-2-4-10(11(8)13(14)15)16-9-5-6-12-7-9/h2-4,9,12H,5-7H2,1H3/t9-/m1/s1. The van der Waals surface area contributed by atoms with Gasteiger partial charge in [0.25, 0.3) is 0 Å². The number of aryl methyl sites for hydroxylation is 1. The van der Waals surface area contributed by atoms with Crippen molar-refractivity contribution in [3.8, 4) is 5.75 Å². The summed E-state index contributed by atoms with van der Waals surface area (Å²) < 4.78 is 5.64. The maximum absolute atomic E-state index is 10.9. The summed E-state index contributed by atoms with van der Waals surface area (Å²) in [6.07, 6.45) is 0.936. The second-order valence-corrected chi connectivity index (χ2v) is 3.91. The van der Waals surface area contributed by atoms with Crippen LogP contribution >= 0.6 is 0 Å². The second-order valence-electron chi connectivity index (χ2n) is 3.91. The number of para-hydroxylation sites is 1. The van der Waals surface area contributed by atoms with Crippen LogP contribution in [-0.2, 0) is 0 Å². The van der Waals surface area contributed by atoms with Gasteiger partial charge in [-0.2, -0.15) is 0 Å². The summed E-state index contributed by atoms with van der Waals surface area (Å²) in [5, 5.41) is 14.1. The van der Waals surface area contributed by atoms with Crippen molar-refractivity contribution in [2.24, 2.45) is 0 Å². The first-order valence-electron chi connectivity index (χ1n) is 5.30. The minimum absolute atomic E-state index is 0.0421. The minimum atomic E-state index is -0.382. The maximum atomic E-state index is 10.9. The lowest BCUT2D eigenvalue weighted by molar-refractivity contribution is -0.386. The highest BCUT2D eigenvalue weighted by Crippen LogP contribution is 2.31. The van der Waals surface area contributed by atoms with E-state index in [0.717, 1.165) is 19.5 Å². The lowest BCUT2D eigenvalue weighted by Crippen LogP contribution is -2.20. The molecule has 1 aromatic carbocycles. The number of rotatable bonds is 3. The number of hydrogen-bond donors (Lipinski definition) is 1. The van der Waals surface area contributed by atoms with E-state index in [0.29, 0.717) is 11.3 Å². The molecule has 2 rings (SSSR count). The Hall–Kier alpha value is -1.62. The maximum Gasteiger partial charge on any atom is 0.313 e. The summed E-state index contributed by atoms with van der Waals surface area (Å²) in [5.41, 5.74) is 0.711. The predicted molar refractivity (Wildman–Crippen MR) is 59.7 cm³/mol. The van der Waals surface area contributed by atoms with Crippen LogP contribution in [0, 0.1) is 17.0 Å². The molecule has 0 unspecified atom stereocenters. The molecule has 1 heterocycles. The fourth-order valence-corrected chi connectivity index (χ4v) is 1.87. The van der Waals surface area contributed by atoms with Crippen molar-refractivity contribution < 1.29 is 9.66 Å². The number of nitro groups is 1. The molecular formula is C11H14N2O3. The van der Waals surface area contributed by atoms with E-state index in [4.69, 9.17) is 4.74 Å². The van der Waals surface area contributed by atoms with Crippen LogP contribution in [0.15, 0.2) is 18.2 Å². The highest BCUT2D eigenvalue weighted by atomic mass is 16.6. The SMILES string of the molecule is Cc1cccc(O[C@@H]2CCNC2)c1[N+](=O)[O-]. The van der Waals surface area contributed by atoms with Crippen molar-refractivity contribution in [2.75, 3.05) is 13.1 Å². The lowest BCUT2D eigenvalue weighted by Gasteiger charge is -2.13. The number of nitrogens with one attached hydrogen (secondary N) is 1. The Kier molecular flexibility index (Phi) is 3.05. The quantitative estimate of drug-likeness (QED) is 0.623. The van der Waals surface area contributed by atoms with E-state index < -0.39 is 0 Å². The van der Waals surface area contributed by atoms with Crippen LogP contribution in [0.3, 0.4) is 0 Å². The molecule has 86 valence electrons. The highest BCUT2D eigenvalue weighted by molar-refractivity contribution is 5.52. The van der Waals surface area contributed by atoms with Crippen LogP contribution in [0.2, 0.25) is 0 Å². The number of nitrogens with zero attached hydrogens (tertiary/aromatic N) is 1. The Morgan fingerprint density at radius 1 is 1.56 bits per heavy atom. The fraction of sp³-hybridized carbons (Fsp3) is 0.455. The van der Waals surface area contributed by atoms with Gasteiger partial charge in [-0.15, -0.1) is 0 Å². The van der Waals surface area contributed by atoms with Gasteiger partial charge in [-0.1, -0.05) is 12.1 Å². The molecule has 1 atom stereocenters. The van der Waals surface area contributed by atoms with Gasteiger partial charge in [0.05, 0.1) is 4.92 Å². The van der Waals surface area contributed by atoms with E-state index in [1.54, 1.807) is 25.1 Å². The molecule has 5 nitrogen and oxygen atoms in total. The van der Waals surface area contributed by atoms with Crippen molar-refractivity contribution in [3.05, 3.63) is 33.9 Å². The van der Waals surface area contributed by atoms with Gasteiger partial charge in [-0.3, -0.25) is 10.1 Å². The summed E-state index contributed by atoms with van der Waals surface area (Å²) in [6, 6.07) is 5.15. The Labute approximate surface area is 93.6 Å². The van der Waals surface area contributed by atoms with Gasteiger partial charge in [-0.25, -0.2) is 0 Å². The lowest BCUT2D eigenvalue weighted by atomic mass is 10.2. The summed E-state index contributed by atoms with van der Waals surface area (Å²) >= 11 is 0. The van der Waals surface area contributed by atoms with E-state index in [-0.39, 0.29) is 16.7 Å². The summed E-state index contributed by atoms with van der Waals surface area (Å²) in [7, 11) is 0. The smallest absolute Gasteiger partial charge is 0.313 e. The molecule has 1 fully saturated rings. The zero-order chi connectivity index (χ0) is 11.5. The molecule has 0 saturated carbocycles. The van der Waals surface area contributed by atoms with Crippen LogP contribution in [-0.4, -0.2) is 24.1 Å². The van der Waals surface area contributed by atoms with Gasteiger partial charge in [0.2, 0.25) is 0 Å². The van der Waals surface area contributed by atoms with Crippen molar-refractivity contribution in [1.29, 1.82) is 0 Å². The van der Waals surface area contributed by atoms with Crippen LogP contribution < -0.4 is 10.1 Å².